The molecule has 0 saturated heterocycles. The predicted molar refractivity (Wildman–Crippen MR) is 125 cm³/mol. The van der Waals surface area contributed by atoms with E-state index in [1.165, 1.54) is 0 Å². The molecule has 3 rings (SSSR count). The molecular formula is C26H27NO4. The summed E-state index contributed by atoms with van der Waals surface area (Å²) in [5.74, 6) is 0.987. The maximum Gasteiger partial charge on any atom is 0.339 e. The van der Waals surface area contributed by atoms with Crippen LogP contribution in [-0.2, 0) is 4.74 Å². The lowest BCUT2D eigenvalue weighted by atomic mass is 9.93. The molecule has 3 aromatic carbocycles. The fraction of sp³-hybridized carbons (Fsp3) is 0.192. The van der Waals surface area contributed by atoms with Gasteiger partial charge in [0.1, 0.15) is 18.1 Å². The van der Waals surface area contributed by atoms with Gasteiger partial charge < -0.3 is 19.5 Å². The third-order valence-electron chi connectivity index (χ3n) is 4.82. The first kappa shape index (κ1) is 22.0. The number of carbonyl (C=O) groups is 1. The first-order valence-electron chi connectivity index (χ1n) is 10.1. The molecule has 0 bridgehead atoms. The minimum absolute atomic E-state index is 0.288. The number of carbonyl (C=O) groups excluding carboxylic acids is 1. The number of ether oxygens (including phenoxy) is 3. The van der Waals surface area contributed by atoms with Gasteiger partial charge in [0, 0.05) is 11.3 Å². The van der Waals surface area contributed by atoms with Gasteiger partial charge in [-0.1, -0.05) is 43.0 Å². The summed E-state index contributed by atoms with van der Waals surface area (Å²) in [5.41, 5.74) is 4.44. The summed E-state index contributed by atoms with van der Waals surface area (Å²) in [7, 11) is 1.62. The molecule has 0 aromatic heterocycles. The highest BCUT2D eigenvalue weighted by atomic mass is 16.5. The summed E-state index contributed by atoms with van der Waals surface area (Å²) in [6, 6.07) is 19.2. The van der Waals surface area contributed by atoms with Crippen LogP contribution >= 0.6 is 0 Å². The van der Waals surface area contributed by atoms with Crippen LogP contribution in [0.15, 0.2) is 73.3 Å². The molecule has 1 N–H and O–H groups in total. The van der Waals surface area contributed by atoms with Crippen molar-refractivity contribution in [1.29, 1.82) is 0 Å². The van der Waals surface area contributed by atoms with Crippen molar-refractivity contribution in [3.05, 3.63) is 84.4 Å². The second kappa shape index (κ2) is 10.3. The van der Waals surface area contributed by atoms with Crippen LogP contribution in [0.2, 0.25) is 0 Å². The Balaban J connectivity index is 2.21. The molecule has 0 fully saturated rings. The lowest BCUT2D eigenvalue weighted by molar-refractivity contribution is 0.0526. The fourth-order valence-corrected chi connectivity index (χ4v) is 3.34. The molecule has 0 aliphatic heterocycles. The minimum atomic E-state index is -0.378. The van der Waals surface area contributed by atoms with Crippen LogP contribution in [0.5, 0.6) is 11.5 Å². The Morgan fingerprint density at radius 2 is 1.81 bits per heavy atom. The Labute approximate surface area is 183 Å². The zero-order chi connectivity index (χ0) is 22.2. The molecule has 5 nitrogen and oxygen atoms in total. The normalized spacial score (nSPS) is 10.3. The first-order valence-corrected chi connectivity index (χ1v) is 10.1. The number of esters is 1. The van der Waals surface area contributed by atoms with Crippen molar-refractivity contribution >= 4 is 17.3 Å². The Bertz CT molecular complexity index is 1040. The molecule has 0 spiro atoms. The Kier molecular flexibility index (Phi) is 7.33. The third kappa shape index (κ3) is 5.07. The van der Waals surface area contributed by atoms with Crippen molar-refractivity contribution < 1.29 is 19.0 Å². The summed E-state index contributed by atoms with van der Waals surface area (Å²) < 4.78 is 16.6. The SMILES string of the molecule is C=CCOc1cc(-c2ccc(OC)cc2)c(C(=O)OCC)c(C)c1Nc1ccccc1. The van der Waals surface area contributed by atoms with E-state index in [1.807, 2.05) is 67.6 Å². The topological polar surface area (TPSA) is 56.8 Å². The van der Waals surface area contributed by atoms with E-state index in [1.54, 1.807) is 20.1 Å². The number of nitrogens with one attached hydrogen (secondary N) is 1. The highest BCUT2D eigenvalue weighted by Gasteiger charge is 2.23. The Morgan fingerprint density at radius 1 is 1.10 bits per heavy atom. The summed E-state index contributed by atoms with van der Waals surface area (Å²) in [6.07, 6.45) is 1.69. The van der Waals surface area contributed by atoms with Gasteiger partial charge in [0.05, 0.1) is 25.0 Å². The molecule has 0 heterocycles. The van der Waals surface area contributed by atoms with Crippen molar-refractivity contribution in [3.63, 3.8) is 0 Å². The average Bonchev–Trinajstić information content (AvgIpc) is 2.80. The lowest BCUT2D eigenvalue weighted by Gasteiger charge is -2.21. The number of methoxy groups -OCH3 is 1. The van der Waals surface area contributed by atoms with E-state index in [4.69, 9.17) is 14.2 Å². The van der Waals surface area contributed by atoms with Crippen LogP contribution in [-0.4, -0.2) is 26.3 Å². The number of anilines is 2. The number of para-hydroxylation sites is 1. The van der Waals surface area contributed by atoms with Crippen LogP contribution < -0.4 is 14.8 Å². The molecule has 5 heteroatoms. The summed E-state index contributed by atoms with van der Waals surface area (Å²) in [6.45, 7) is 8.06. The van der Waals surface area contributed by atoms with Gasteiger partial charge in [-0.2, -0.15) is 0 Å². The average molecular weight is 418 g/mol. The quantitative estimate of drug-likeness (QED) is 0.334. The molecule has 0 unspecified atom stereocenters. The van der Waals surface area contributed by atoms with Gasteiger partial charge >= 0.3 is 5.97 Å². The van der Waals surface area contributed by atoms with E-state index in [2.05, 4.69) is 11.9 Å². The van der Waals surface area contributed by atoms with Gasteiger partial charge in [-0.15, -0.1) is 0 Å². The fourth-order valence-electron chi connectivity index (χ4n) is 3.34. The second-order valence-electron chi connectivity index (χ2n) is 6.84. The second-order valence-corrected chi connectivity index (χ2v) is 6.84. The summed E-state index contributed by atoms with van der Waals surface area (Å²) in [4.78, 5) is 13.0. The molecule has 0 amide bonds. The maximum absolute atomic E-state index is 13.0. The smallest absolute Gasteiger partial charge is 0.339 e. The van der Waals surface area contributed by atoms with E-state index >= 15 is 0 Å². The first-order chi connectivity index (χ1) is 15.1. The molecule has 3 aromatic rings. The van der Waals surface area contributed by atoms with E-state index in [0.717, 1.165) is 28.1 Å². The van der Waals surface area contributed by atoms with Crippen LogP contribution in [0.1, 0.15) is 22.8 Å². The highest BCUT2D eigenvalue weighted by molar-refractivity contribution is 6.02. The van der Waals surface area contributed by atoms with Gasteiger partial charge in [-0.3, -0.25) is 0 Å². The highest BCUT2D eigenvalue weighted by Crippen LogP contribution is 2.40. The lowest BCUT2D eigenvalue weighted by Crippen LogP contribution is -2.12. The van der Waals surface area contributed by atoms with Crippen molar-refractivity contribution in [1.82, 2.24) is 0 Å². The minimum Gasteiger partial charge on any atom is -0.497 e. The van der Waals surface area contributed by atoms with Gasteiger partial charge in [0.2, 0.25) is 0 Å². The van der Waals surface area contributed by atoms with Crippen molar-refractivity contribution in [2.75, 3.05) is 25.6 Å². The molecule has 31 heavy (non-hydrogen) atoms. The van der Waals surface area contributed by atoms with E-state index in [9.17, 15) is 4.79 Å². The molecule has 0 aliphatic carbocycles. The number of hydrogen-bond donors (Lipinski definition) is 1. The zero-order valence-electron chi connectivity index (χ0n) is 18.1. The molecule has 0 atom stereocenters. The van der Waals surface area contributed by atoms with Crippen molar-refractivity contribution in [2.24, 2.45) is 0 Å². The molecule has 0 saturated carbocycles. The molecular weight excluding hydrogens is 390 g/mol. The van der Waals surface area contributed by atoms with Crippen LogP contribution in [0.4, 0.5) is 11.4 Å². The summed E-state index contributed by atoms with van der Waals surface area (Å²) >= 11 is 0. The van der Waals surface area contributed by atoms with Crippen molar-refractivity contribution in [3.8, 4) is 22.6 Å². The van der Waals surface area contributed by atoms with Gasteiger partial charge in [0.25, 0.3) is 0 Å². The van der Waals surface area contributed by atoms with E-state index < -0.39 is 0 Å². The van der Waals surface area contributed by atoms with Crippen LogP contribution in [0, 0.1) is 6.92 Å². The Hall–Kier alpha value is -3.73. The predicted octanol–water partition coefficient (Wildman–Crippen LogP) is 6.16. The maximum atomic E-state index is 13.0. The Morgan fingerprint density at radius 3 is 2.42 bits per heavy atom. The number of hydrogen-bond acceptors (Lipinski definition) is 5. The summed E-state index contributed by atoms with van der Waals surface area (Å²) in [5, 5.41) is 3.40. The van der Waals surface area contributed by atoms with Gasteiger partial charge in [-0.25, -0.2) is 4.79 Å². The van der Waals surface area contributed by atoms with Gasteiger partial charge in [0.15, 0.2) is 0 Å². The number of rotatable bonds is 9. The molecule has 160 valence electrons. The number of benzene rings is 3. The van der Waals surface area contributed by atoms with E-state index in [0.29, 0.717) is 23.6 Å². The molecule has 0 radical (unpaired) electrons. The monoisotopic (exact) mass is 417 g/mol. The van der Waals surface area contributed by atoms with Crippen LogP contribution in [0.3, 0.4) is 0 Å². The van der Waals surface area contributed by atoms with E-state index in [-0.39, 0.29) is 12.6 Å². The molecule has 0 aliphatic rings. The van der Waals surface area contributed by atoms with Crippen molar-refractivity contribution in [2.45, 2.75) is 13.8 Å². The van der Waals surface area contributed by atoms with Crippen LogP contribution in [0.25, 0.3) is 11.1 Å². The van der Waals surface area contributed by atoms with Gasteiger partial charge in [-0.05, 0) is 55.3 Å². The third-order valence-corrected chi connectivity index (χ3v) is 4.82. The standard InChI is InChI=1S/C26H27NO4/c1-5-16-31-23-17-22(19-12-14-21(29-4)15-13-19)24(26(28)30-6-2)18(3)25(23)27-20-10-8-7-9-11-20/h5,7-15,17,27H,1,6,16H2,2-4H3. The zero-order valence-corrected chi connectivity index (χ0v) is 18.1. The largest absolute Gasteiger partial charge is 0.497 e.